The first-order chi connectivity index (χ1) is 7.79. The Balaban J connectivity index is 1.52. The second-order valence-corrected chi connectivity index (χ2v) is 5.94. The maximum Gasteiger partial charge on any atom is 0.318 e. The van der Waals surface area contributed by atoms with Gasteiger partial charge in [-0.15, -0.1) is 0 Å². The summed E-state index contributed by atoms with van der Waals surface area (Å²) in [5.74, 6) is 0. The van der Waals surface area contributed by atoms with E-state index in [9.17, 15) is 4.79 Å². The van der Waals surface area contributed by atoms with Gasteiger partial charge in [-0.25, -0.2) is 4.79 Å². The van der Waals surface area contributed by atoms with Gasteiger partial charge in [0.25, 0.3) is 0 Å². The highest BCUT2D eigenvalue weighted by Gasteiger charge is 2.48. The average molecular weight is 221 g/mol. The van der Waals surface area contributed by atoms with Gasteiger partial charge in [0.1, 0.15) is 0 Å². The lowest BCUT2D eigenvalue weighted by atomic mass is 9.75. The molecule has 16 heavy (non-hydrogen) atoms. The summed E-state index contributed by atoms with van der Waals surface area (Å²) in [6.07, 6.45) is 7.05. The lowest BCUT2D eigenvalue weighted by Crippen LogP contribution is -2.69. The Morgan fingerprint density at radius 2 is 1.62 bits per heavy atom. The monoisotopic (exact) mass is 221 g/mol. The fraction of sp³-hybridized carbons (Fsp3) is 0.917. The summed E-state index contributed by atoms with van der Waals surface area (Å²) in [5, 5.41) is 6.82. The normalized spacial score (nSPS) is 44.9. The van der Waals surface area contributed by atoms with Crippen LogP contribution in [0.25, 0.3) is 0 Å². The third-order valence-electron chi connectivity index (χ3n) is 4.62. The predicted molar refractivity (Wildman–Crippen MR) is 60.1 cm³/mol. The molecule has 4 heterocycles. The van der Waals surface area contributed by atoms with Gasteiger partial charge in [-0.3, -0.25) is 0 Å². The summed E-state index contributed by atoms with van der Waals surface area (Å²) in [6, 6.07) is 3.11. The van der Waals surface area contributed by atoms with Crippen LogP contribution in [0, 0.1) is 0 Å². The molecule has 5 aliphatic rings. The first kappa shape index (κ1) is 9.28. The second-order valence-electron chi connectivity index (χ2n) is 5.94. The highest BCUT2D eigenvalue weighted by molar-refractivity contribution is 5.76. The number of rotatable bonds is 1. The van der Waals surface area contributed by atoms with Crippen molar-refractivity contribution in [3.8, 4) is 0 Å². The summed E-state index contributed by atoms with van der Waals surface area (Å²) in [6.45, 7) is 0. The number of urea groups is 1. The SMILES string of the molecule is O=C(NC1CC1)N1C2CC3CC1CC(C2)N3. The molecule has 88 valence electrons. The second kappa shape index (κ2) is 3.13. The number of piperidine rings is 4. The molecular formula is C12H19N3O. The zero-order valence-electron chi connectivity index (χ0n) is 9.48. The van der Waals surface area contributed by atoms with E-state index >= 15 is 0 Å². The van der Waals surface area contributed by atoms with Gasteiger partial charge in [0.2, 0.25) is 0 Å². The zero-order valence-corrected chi connectivity index (χ0v) is 9.48. The molecule has 5 rings (SSSR count). The van der Waals surface area contributed by atoms with Crippen LogP contribution in [0.15, 0.2) is 0 Å². The van der Waals surface area contributed by atoms with E-state index in [1.807, 2.05) is 0 Å². The lowest BCUT2D eigenvalue weighted by molar-refractivity contribution is -0.00178. The number of hydrogen-bond donors (Lipinski definition) is 2. The van der Waals surface area contributed by atoms with Crippen LogP contribution >= 0.6 is 0 Å². The van der Waals surface area contributed by atoms with Crippen LogP contribution in [0.1, 0.15) is 38.5 Å². The first-order valence-corrected chi connectivity index (χ1v) is 6.64. The molecule has 0 spiro atoms. The molecule has 2 amide bonds. The summed E-state index contributed by atoms with van der Waals surface area (Å²) in [5.41, 5.74) is 0. The van der Waals surface area contributed by atoms with Crippen LogP contribution in [0.5, 0.6) is 0 Å². The average Bonchev–Trinajstić information content (AvgIpc) is 2.99. The van der Waals surface area contributed by atoms with Crippen LogP contribution in [0.4, 0.5) is 4.79 Å². The van der Waals surface area contributed by atoms with Crippen LogP contribution in [-0.2, 0) is 0 Å². The third-order valence-corrected chi connectivity index (χ3v) is 4.62. The molecular weight excluding hydrogens is 202 g/mol. The van der Waals surface area contributed by atoms with Crippen molar-refractivity contribution in [3.05, 3.63) is 0 Å². The number of nitrogens with zero attached hydrogens (tertiary/aromatic N) is 1. The van der Waals surface area contributed by atoms with Crippen molar-refractivity contribution in [1.82, 2.24) is 15.5 Å². The zero-order chi connectivity index (χ0) is 10.7. The summed E-state index contributed by atoms with van der Waals surface area (Å²) < 4.78 is 0. The third kappa shape index (κ3) is 1.35. The molecule has 2 N–H and O–H groups in total. The fourth-order valence-electron chi connectivity index (χ4n) is 3.86. The van der Waals surface area contributed by atoms with Gasteiger partial charge in [-0.1, -0.05) is 0 Å². The van der Waals surface area contributed by atoms with E-state index < -0.39 is 0 Å². The van der Waals surface area contributed by atoms with Gasteiger partial charge in [-0.05, 0) is 38.5 Å². The number of nitrogens with one attached hydrogen (secondary N) is 2. The molecule has 4 saturated heterocycles. The van der Waals surface area contributed by atoms with Crippen LogP contribution in [0.2, 0.25) is 0 Å². The van der Waals surface area contributed by atoms with E-state index in [0.717, 1.165) is 0 Å². The number of carbonyl (C=O) groups excluding carboxylic acids is 1. The van der Waals surface area contributed by atoms with Crippen molar-refractivity contribution in [1.29, 1.82) is 0 Å². The largest absolute Gasteiger partial charge is 0.335 e. The smallest absolute Gasteiger partial charge is 0.318 e. The van der Waals surface area contributed by atoms with Crippen molar-refractivity contribution < 1.29 is 4.79 Å². The molecule has 0 aromatic carbocycles. The van der Waals surface area contributed by atoms with Crippen molar-refractivity contribution in [3.63, 3.8) is 0 Å². The molecule has 4 nitrogen and oxygen atoms in total. The van der Waals surface area contributed by atoms with E-state index in [2.05, 4.69) is 15.5 Å². The number of amides is 2. The van der Waals surface area contributed by atoms with Crippen LogP contribution < -0.4 is 10.6 Å². The van der Waals surface area contributed by atoms with Crippen molar-refractivity contribution in [2.45, 2.75) is 68.7 Å². The first-order valence-electron chi connectivity index (χ1n) is 6.64. The van der Waals surface area contributed by atoms with Gasteiger partial charge in [0, 0.05) is 30.2 Å². The van der Waals surface area contributed by atoms with E-state index in [1.54, 1.807) is 0 Å². The van der Waals surface area contributed by atoms with Crippen molar-refractivity contribution in [2.75, 3.05) is 0 Å². The van der Waals surface area contributed by atoms with E-state index in [-0.39, 0.29) is 6.03 Å². The minimum atomic E-state index is 0.219. The number of hydrogen-bond acceptors (Lipinski definition) is 2. The van der Waals surface area contributed by atoms with Gasteiger partial charge < -0.3 is 15.5 Å². The fourth-order valence-corrected chi connectivity index (χ4v) is 3.86. The standard InChI is InChI=1S/C12H19N3O/c16-12(14-7-1-2-7)15-10-3-8-4-11(15)6-9(5-10)13-8/h7-11,13H,1-6H2,(H,14,16). The minimum Gasteiger partial charge on any atom is -0.335 e. The summed E-state index contributed by atoms with van der Waals surface area (Å²) in [4.78, 5) is 14.4. The molecule has 0 radical (unpaired) electrons. The predicted octanol–water partition coefficient (Wildman–Crippen LogP) is 0.826. The Morgan fingerprint density at radius 1 is 1.06 bits per heavy atom. The Labute approximate surface area is 95.8 Å². The van der Waals surface area contributed by atoms with E-state index in [0.29, 0.717) is 30.2 Å². The molecule has 0 aromatic heterocycles. The Kier molecular flexibility index (Phi) is 1.81. The summed E-state index contributed by atoms with van der Waals surface area (Å²) in [7, 11) is 0. The maximum absolute atomic E-state index is 12.2. The number of carbonyl (C=O) groups is 1. The minimum absolute atomic E-state index is 0.219. The molecule has 4 aliphatic heterocycles. The molecule has 5 fully saturated rings. The Hall–Kier alpha value is -0.770. The molecule has 0 aromatic rings. The lowest BCUT2D eigenvalue weighted by Gasteiger charge is -2.56. The van der Waals surface area contributed by atoms with Gasteiger partial charge >= 0.3 is 6.03 Å². The van der Waals surface area contributed by atoms with E-state index in [4.69, 9.17) is 0 Å². The molecule has 4 bridgehead atoms. The van der Waals surface area contributed by atoms with E-state index in [1.165, 1.54) is 38.5 Å². The van der Waals surface area contributed by atoms with Crippen LogP contribution in [0.3, 0.4) is 0 Å². The Morgan fingerprint density at radius 3 is 2.12 bits per heavy atom. The quantitative estimate of drug-likeness (QED) is 0.688. The highest BCUT2D eigenvalue weighted by atomic mass is 16.2. The molecule has 4 heteroatoms. The molecule has 0 unspecified atom stereocenters. The summed E-state index contributed by atoms with van der Waals surface area (Å²) >= 11 is 0. The maximum atomic E-state index is 12.2. The molecule has 0 atom stereocenters. The van der Waals surface area contributed by atoms with Gasteiger partial charge in [0.05, 0.1) is 0 Å². The highest BCUT2D eigenvalue weighted by Crippen LogP contribution is 2.39. The molecule has 1 aliphatic carbocycles. The Bertz CT molecular complexity index is 298. The van der Waals surface area contributed by atoms with Crippen molar-refractivity contribution in [2.24, 2.45) is 0 Å². The van der Waals surface area contributed by atoms with Crippen molar-refractivity contribution >= 4 is 6.03 Å². The topological polar surface area (TPSA) is 44.4 Å². The van der Waals surface area contributed by atoms with Crippen LogP contribution in [-0.4, -0.2) is 41.1 Å². The van der Waals surface area contributed by atoms with Gasteiger partial charge in [-0.2, -0.15) is 0 Å². The van der Waals surface area contributed by atoms with Gasteiger partial charge in [0.15, 0.2) is 0 Å². The molecule has 1 saturated carbocycles.